The summed E-state index contributed by atoms with van der Waals surface area (Å²) in [6.45, 7) is 3.05. The molecule has 2 aromatic heterocycles. The van der Waals surface area contributed by atoms with Gasteiger partial charge < -0.3 is 5.73 Å². The number of fused-ring (bicyclic) bond motifs is 1. The van der Waals surface area contributed by atoms with E-state index in [1.165, 1.54) is 24.0 Å². The average molecular weight is 309 g/mol. The van der Waals surface area contributed by atoms with Crippen molar-refractivity contribution >= 4 is 0 Å². The number of nitrogens with two attached hydrogens (primary N) is 1. The Kier molecular flexibility index (Phi) is 3.42. The fraction of sp³-hybridized carbons (Fsp3) is 0.375. The second-order valence-corrected chi connectivity index (χ2v) is 5.86. The molecule has 0 bridgehead atoms. The van der Waals surface area contributed by atoms with Gasteiger partial charge in [-0.2, -0.15) is 5.10 Å². The largest absolute Gasteiger partial charge is 0.329 e. The summed E-state index contributed by atoms with van der Waals surface area (Å²) in [4.78, 5) is 4.53. The maximum absolute atomic E-state index is 5.56. The Morgan fingerprint density at radius 3 is 2.96 bits per heavy atom. The fourth-order valence-corrected chi connectivity index (χ4v) is 3.09. The van der Waals surface area contributed by atoms with E-state index in [1.807, 2.05) is 17.8 Å². The summed E-state index contributed by atoms with van der Waals surface area (Å²) in [5.41, 5.74) is 10.2. The summed E-state index contributed by atoms with van der Waals surface area (Å²) >= 11 is 0. The lowest BCUT2D eigenvalue weighted by atomic mass is 10.1. The minimum absolute atomic E-state index is 0.527. The van der Waals surface area contributed by atoms with Crippen LogP contribution in [0.2, 0.25) is 0 Å². The van der Waals surface area contributed by atoms with Gasteiger partial charge in [-0.1, -0.05) is 11.3 Å². The van der Waals surface area contributed by atoms with Crippen molar-refractivity contribution in [2.75, 3.05) is 6.54 Å². The lowest BCUT2D eigenvalue weighted by Crippen LogP contribution is -2.10. The first-order valence-corrected chi connectivity index (χ1v) is 7.91. The molecule has 1 aliphatic rings. The zero-order valence-corrected chi connectivity index (χ0v) is 13.1. The summed E-state index contributed by atoms with van der Waals surface area (Å²) in [6, 6.07) is 6.51. The summed E-state index contributed by atoms with van der Waals surface area (Å²) in [5, 5.41) is 12.8. The number of nitrogens with zero attached hydrogens (tertiary/aromatic N) is 6. The van der Waals surface area contributed by atoms with Gasteiger partial charge >= 0.3 is 0 Å². The van der Waals surface area contributed by atoms with Crippen LogP contribution in [0, 0.1) is 6.92 Å². The van der Waals surface area contributed by atoms with Crippen LogP contribution in [0.25, 0.3) is 17.2 Å². The quantitative estimate of drug-likeness (QED) is 0.784. The van der Waals surface area contributed by atoms with E-state index in [1.54, 1.807) is 4.68 Å². The molecule has 0 spiro atoms. The van der Waals surface area contributed by atoms with Gasteiger partial charge in [0.1, 0.15) is 11.5 Å². The van der Waals surface area contributed by atoms with Gasteiger partial charge in [-0.15, -0.1) is 5.10 Å². The highest BCUT2D eigenvalue weighted by Gasteiger charge is 2.17. The molecule has 7 nitrogen and oxygen atoms in total. The van der Waals surface area contributed by atoms with Gasteiger partial charge in [0.15, 0.2) is 5.82 Å². The van der Waals surface area contributed by atoms with Crippen molar-refractivity contribution in [1.29, 1.82) is 0 Å². The Labute approximate surface area is 134 Å². The van der Waals surface area contributed by atoms with Gasteiger partial charge in [-0.3, -0.25) is 4.68 Å². The lowest BCUT2D eigenvalue weighted by molar-refractivity contribution is 0.598. The highest BCUT2D eigenvalue weighted by molar-refractivity contribution is 5.53. The Bertz CT molecular complexity index is 846. The van der Waals surface area contributed by atoms with Crippen LogP contribution >= 0.6 is 0 Å². The molecule has 0 radical (unpaired) electrons. The van der Waals surface area contributed by atoms with Crippen molar-refractivity contribution < 1.29 is 0 Å². The second kappa shape index (κ2) is 5.58. The first kappa shape index (κ1) is 14.1. The molecule has 2 heterocycles. The Morgan fingerprint density at radius 1 is 1.22 bits per heavy atom. The summed E-state index contributed by atoms with van der Waals surface area (Å²) in [7, 11) is 0. The number of hydrogen-bond acceptors (Lipinski definition) is 5. The van der Waals surface area contributed by atoms with Crippen molar-refractivity contribution in [3.8, 4) is 17.2 Å². The van der Waals surface area contributed by atoms with Crippen LogP contribution in [-0.2, 0) is 19.4 Å². The van der Waals surface area contributed by atoms with E-state index in [-0.39, 0.29) is 0 Å². The number of aryl methyl sites for hydroxylation is 3. The van der Waals surface area contributed by atoms with Gasteiger partial charge in [-0.25, -0.2) is 9.67 Å². The van der Waals surface area contributed by atoms with Crippen molar-refractivity contribution in [2.24, 2.45) is 5.73 Å². The Balaban J connectivity index is 1.77. The number of rotatable bonds is 4. The van der Waals surface area contributed by atoms with E-state index in [2.05, 4.69) is 38.6 Å². The highest BCUT2D eigenvalue weighted by atomic mass is 15.4. The molecule has 3 aromatic rings. The van der Waals surface area contributed by atoms with Crippen LogP contribution in [0.15, 0.2) is 24.4 Å². The fourth-order valence-electron chi connectivity index (χ4n) is 3.09. The molecule has 23 heavy (non-hydrogen) atoms. The standard InChI is InChI=1S/C16H19N7/c1-11-18-16(15-10-22(8-7-17)21-19-15)23(20-11)14-6-5-12-3-2-4-13(12)9-14/h5-6,9-10H,2-4,7-8,17H2,1H3. The molecule has 1 aromatic carbocycles. The molecule has 0 saturated heterocycles. The Hall–Kier alpha value is -2.54. The van der Waals surface area contributed by atoms with Gasteiger partial charge in [0.2, 0.25) is 0 Å². The number of benzene rings is 1. The third-order valence-electron chi connectivity index (χ3n) is 4.17. The molecular weight excluding hydrogens is 290 g/mol. The van der Waals surface area contributed by atoms with Crippen molar-refractivity contribution in [3.05, 3.63) is 41.3 Å². The average Bonchev–Trinajstić information content (AvgIpc) is 3.25. The van der Waals surface area contributed by atoms with E-state index in [0.717, 1.165) is 12.1 Å². The molecule has 0 amide bonds. The number of aromatic nitrogens is 6. The topological polar surface area (TPSA) is 87.4 Å². The van der Waals surface area contributed by atoms with Crippen molar-refractivity contribution in [2.45, 2.75) is 32.7 Å². The van der Waals surface area contributed by atoms with E-state index in [0.29, 0.717) is 30.4 Å². The molecule has 7 heteroatoms. The van der Waals surface area contributed by atoms with Crippen molar-refractivity contribution in [3.63, 3.8) is 0 Å². The first-order valence-electron chi connectivity index (χ1n) is 7.91. The summed E-state index contributed by atoms with van der Waals surface area (Å²) < 4.78 is 3.58. The monoisotopic (exact) mass is 309 g/mol. The maximum Gasteiger partial charge on any atom is 0.185 e. The Morgan fingerprint density at radius 2 is 2.09 bits per heavy atom. The molecule has 118 valence electrons. The normalized spacial score (nSPS) is 13.5. The van der Waals surface area contributed by atoms with Gasteiger partial charge in [-0.05, 0) is 49.4 Å². The zero-order valence-electron chi connectivity index (χ0n) is 13.1. The molecule has 0 aliphatic heterocycles. The predicted octanol–water partition coefficient (Wildman–Crippen LogP) is 1.28. The molecular formula is C16H19N7. The van der Waals surface area contributed by atoms with Crippen LogP contribution in [-0.4, -0.2) is 36.3 Å². The van der Waals surface area contributed by atoms with E-state index < -0.39 is 0 Å². The van der Waals surface area contributed by atoms with Gasteiger partial charge in [0.25, 0.3) is 0 Å². The summed E-state index contributed by atoms with van der Waals surface area (Å²) in [6.07, 6.45) is 5.40. The lowest BCUT2D eigenvalue weighted by Gasteiger charge is -2.06. The molecule has 0 fully saturated rings. The van der Waals surface area contributed by atoms with Crippen LogP contribution in [0.1, 0.15) is 23.4 Å². The van der Waals surface area contributed by atoms with Gasteiger partial charge in [0, 0.05) is 6.54 Å². The van der Waals surface area contributed by atoms with Crippen LogP contribution < -0.4 is 5.73 Å². The highest BCUT2D eigenvalue weighted by Crippen LogP contribution is 2.26. The number of hydrogen-bond donors (Lipinski definition) is 1. The minimum atomic E-state index is 0.527. The first-order chi connectivity index (χ1) is 11.2. The molecule has 2 N–H and O–H groups in total. The summed E-state index contributed by atoms with van der Waals surface area (Å²) in [5.74, 6) is 1.43. The third-order valence-corrected chi connectivity index (χ3v) is 4.17. The maximum atomic E-state index is 5.56. The zero-order chi connectivity index (χ0) is 15.8. The molecule has 0 unspecified atom stereocenters. The van der Waals surface area contributed by atoms with Crippen LogP contribution in [0.4, 0.5) is 0 Å². The van der Waals surface area contributed by atoms with Crippen LogP contribution in [0.5, 0.6) is 0 Å². The smallest absolute Gasteiger partial charge is 0.185 e. The van der Waals surface area contributed by atoms with Gasteiger partial charge in [0.05, 0.1) is 18.4 Å². The van der Waals surface area contributed by atoms with E-state index in [4.69, 9.17) is 5.73 Å². The molecule has 1 aliphatic carbocycles. The third kappa shape index (κ3) is 2.53. The predicted molar refractivity (Wildman–Crippen MR) is 86.2 cm³/mol. The van der Waals surface area contributed by atoms with E-state index in [9.17, 15) is 0 Å². The SMILES string of the molecule is Cc1nc(-c2cn(CCN)nn2)n(-c2ccc3c(c2)CCC3)n1. The van der Waals surface area contributed by atoms with Crippen LogP contribution in [0.3, 0.4) is 0 Å². The minimum Gasteiger partial charge on any atom is -0.329 e. The molecule has 0 atom stereocenters. The van der Waals surface area contributed by atoms with E-state index >= 15 is 0 Å². The molecule has 4 rings (SSSR count). The second-order valence-electron chi connectivity index (χ2n) is 5.86. The van der Waals surface area contributed by atoms with Crippen molar-refractivity contribution in [1.82, 2.24) is 29.8 Å². The molecule has 0 saturated carbocycles.